The molecule has 1 unspecified atom stereocenters. The zero-order chi connectivity index (χ0) is 15.5. The average Bonchev–Trinajstić information content (AvgIpc) is 3.28. The van der Waals surface area contributed by atoms with Gasteiger partial charge in [-0.05, 0) is 42.6 Å². The lowest BCUT2D eigenvalue weighted by Crippen LogP contribution is -2.13. The summed E-state index contributed by atoms with van der Waals surface area (Å²) in [5.74, 6) is 0.852. The highest BCUT2D eigenvalue weighted by Crippen LogP contribution is 2.31. The molecule has 25 heavy (non-hydrogen) atoms. The number of nitrogens with zero attached hydrogens (tertiary/aromatic N) is 2. The Bertz CT molecular complexity index is 789. The summed E-state index contributed by atoms with van der Waals surface area (Å²) in [7, 11) is 0. The SMILES string of the molecule is Cl.Cl.c1ccc(-c2cnc(Nc3cc(C4CCCN4)ccn3)s2)cc1. The minimum atomic E-state index is 0. The second-order valence-electron chi connectivity index (χ2n) is 5.64. The molecule has 4 nitrogen and oxygen atoms in total. The Morgan fingerprint density at radius 3 is 2.68 bits per heavy atom. The van der Waals surface area contributed by atoms with Gasteiger partial charge in [0.2, 0.25) is 0 Å². The van der Waals surface area contributed by atoms with Gasteiger partial charge in [0.15, 0.2) is 5.13 Å². The Kier molecular flexibility index (Phi) is 7.20. The van der Waals surface area contributed by atoms with Crippen LogP contribution in [0.25, 0.3) is 10.4 Å². The van der Waals surface area contributed by atoms with Crippen molar-refractivity contribution >= 4 is 47.1 Å². The molecule has 0 radical (unpaired) electrons. The van der Waals surface area contributed by atoms with E-state index >= 15 is 0 Å². The standard InChI is InChI=1S/C18H18N4S.2ClH/c1-2-5-13(6-3-1)16-12-21-18(23-16)22-17-11-14(8-10-20-17)15-7-4-9-19-15;;/h1-3,5-6,8,10-12,15,19H,4,7,9H2,(H,20,21,22);2*1H. The molecule has 1 aliphatic heterocycles. The molecule has 2 aromatic heterocycles. The fourth-order valence-corrected chi connectivity index (χ4v) is 3.71. The van der Waals surface area contributed by atoms with Crippen molar-refractivity contribution in [3.8, 4) is 10.4 Å². The van der Waals surface area contributed by atoms with E-state index in [9.17, 15) is 0 Å². The second-order valence-corrected chi connectivity index (χ2v) is 6.67. The minimum Gasteiger partial charge on any atom is -0.316 e. The highest BCUT2D eigenvalue weighted by molar-refractivity contribution is 7.18. The molecule has 3 aromatic rings. The zero-order valence-electron chi connectivity index (χ0n) is 13.5. The van der Waals surface area contributed by atoms with E-state index < -0.39 is 0 Å². The summed E-state index contributed by atoms with van der Waals surface area (Å²) < 4.78 is 0. The number of anilines is 2. The topological polar surface area (TPSA) is 49.8 Å². The quantitative estimate of drug-likeness (QED) is 0.636. The van der Waals surface area contributed by atoms with Crippen LogP contribution in [0.2, 0.25) is 0 Å². The van der Waals surface area contributed by atoms with Gasteiger partial charge < -0.3 is 10.6 Å². The van der Waals surface area contributed by atoms with Gasteiger partial charge in [0.05, 0.1) is 4.88 Å². The molecule has 1 atom stereocenters. The van der Waals surface area contributed by atoms with E-state index in [2.05, 4.69) is 44.9 Å². The van der Waals surface area contributed by atoms with Crippen LogP contribution in [0.4, 0.5) is 10.9 Å². The van der Waals surface area contributed by atoms with Crippen LogP contribution in [-0.2, 0) is 0 Å². The van der Waals surface area contributed by atoms with Gasteiger partial charge >= 0.3 is 0 Å². The Balaban J connectivity index is 0.00000113. The van der Waals surface area contributed by atoms with E-state index in [0.717, 1.165) is 22.4 Å². The predicted molar refractivity (Wildman–Crippen MR) is 110 cm³/mol. The summed E-state index contributed by atoms with van der Waals surface area (Å²) in [6.07, 6.45) is 6.20. The molecule has 1 fully saturated rings. The van der Waals surface area contributed by atoms with Crippen molar-refractivity contribution < 1.29 is 0 Å². The number of rotatable bonds is 4. The van der Waals surface area contributed by atoms with Gasteiger partial charge in [0, 0.05) is 18.4 Å². The molecule has 2 N–H and O–H groups in total. The van der Waals surface area contributed by atoms with Gasteiger partial charge in [0.25, 0.3) is 0 Å². The summed E-state index contributed by atoms with van der Waals surface area (Å²) in [6.45, 7) is 1.10. The highest BCUT2D eigenvalue weighted by Gasteiger charge is 2.16. The van der Waals surface area contributed by atoms with Crippen LogP contribution in [0.3, 0.4) is 0 Å². The first kappa shape index (κ1) is 19.7. The molecule has 0 bridgehead atoms. The Morgan fingerprint density at radius 1 is 1.08 bits per heavy atom. The van der Waals surface area contributed by atoms with Gasteiger partial charge in [-0.25, -0.2) is 9.97 Å². The van der Waals surface area contributed by atoms with Crippen LogP contribution in [0.5, 0.6) is 0 Å². The number of halogens is 2. The number of benzene rings is 1. The largest absolute Gasteiger partial charge is 0.316 e. The maximum atomic E-state index is 4.47. The van der Waals surface area contributed by atoms with Crippen LogP contribution < -0.4 is 10.6 Å². The Morgan fingerprint density at radius 2 is 1.92 bits per heavy atom. The third-order valence-corrected chi connectivity index (χ3v) is 5.01. The molecule has 132 valence electrons. The van der Waals surface area contributed by atoms with Crippen molar-refractivity contribution in [2.45, 2.75) is 18.9 Å². The Labute approximate surface area is 163 Å². The van der Waals surface area contributed by atoms with E-state index in [4.69, 9.17) is 0 Å². The highest BCUT2D eigenvalue weighted by atomic mass is 35.5. The fraction of sp³-hybridized carbons (Fsp3) is 0.222. The number of pyridine rings is 1. The van der Waals surface area contributed by atoms with Crippen LogP contribution >= 0.6 is 36.2 Å². The van der Waals surface area contributed by atoms with E-state index in [1.807, 2.05) is 30.6 Å². The van der Waals surface area contributed by atoms with Crippen LogP contribution in [0.1, 0.15) is 24.4 Å². The van der Waals surface area contributed by atoms with Gasteiger partial charge in [-0.3, -0.25) is 0 Å². The van der Waals surface area contributed by atoms with Crippen molar-refractivity contribution in [1.82, 2.24) is 15.3 Å². The van der Waals surface area contributed by atoms with Gasteiger partial charge in [0.1, 0.15) is 5.82 Å². The van der Waals surface area contributed by atoms with E-state index in [-0.39, 0.29) is 24.8 Å². The fourth-order valence-electron chi connectivity index (χ4n) is 2.88. The molecule has 1 aromatic carbocycles. The molecule has 4 rings (SSSR count). The number of hydrogen-bond donors (Lipinski definition) is 2. The molecular weight excluding hydrogens is 375 g/mol. The van der Waals surface area contributed by atoms with Crippen LogP contribution in [0, 0.1) is 0 Å². The molecular formula is C18H20Cl2N4S. The normalized spacial score (nSPS) is 15.9. The molecule has 3 heterocycles. The third-order valence-electron chi connectivity index (χ3n) is 4.05. The molecule has 1 aliphatic rings. The van der Waals surface area contributed by atoms with Gasteiger partial charge in [-0.2, -0.15) is 0 Å². The van der Waals surface area contributed by atoms with Crippen molar-refractivity contribution in [3.05, 3.63) is 60.4 Å². The van der Waals surface area contributed by atoms with Crippen molar-refractivity contribution in [2.75, 3.05) is 11.9 Å². The molecule has 1 saturated heterocycles. The molecule has 0 amide bonds. The summed E-state index contributed by atoms with van der Waals surface area (Å²) in [5.41, 5.74) is 2.48. The number of nitrogens with one attached hydrogen (secondary N) is 2. The smallest absolute Gasteiger partial charge is 0.188 e. The lowest BCUT2D eigenvalue weighted by Gasteiger charge is -2.11. The molecule has 0 saturated carbocycles. The van der Waals surface area contributed by atoms with Crippen molar-refractivity contribution in [1.29, 1.82) is 0 Å². The summed E-state index contributed by atoms with van der Waals surface area (Å²) in [4.78, 5) is 10.0. The number of thiazole rings is 1. The average molecular weight is 395 g/mol. The van der Waals surface area contributed by atoms with Crippen LogP contribution in [0.15, 0.2) is 54.9 Å². The number of aromatic nitrogens is 2. The van der Waals surface area contributed by atoms with E-state index in [0.29, 0.717) is 6.04 Å². The van der Waals surface area contributed by atoms with Crippen LogP contribution in [-0.4, -0.2) is 16.5 Å². The Hall–Kier alpha value is -1.66. The first-order valence-electron chi connectivity index (χ1n) is 7.86. The van der Waals surface area contributed by atoms with Crippen molar-refractivity contribution in [3.63, 3.8) is 0 Å². The monoisotopic (exact) mass is 394 g/mol. The summed E-state index contributed by atoms with van der Waals surface area (Å²) in [5, 5.41) is 7.72. The third kappa shape index (κ3) is 4.70. The molecule has 0 aliphatic carbocycles. The summed E-state index contributed by atoms with van der Waals surface area (Å²) >= 11 is 1.64. The number of hydrogen-bond acceptors (Lipinski definition) is 5. The lowest BCUT2D eigenvalue weighted by molar-refractivity contribution is 0.647. The maximum Gasteiger partial charge on any atom is 0.188 e. The maximum absolute atomic E-state index is 4.47. The molecule has 0 spiro atoms. The summed E-state index contributed by atoms with van der Waals surface area (Å²) in [6, 6.07) is 15.0. The first-order chi connectivity index (χ1) is 11.4. The first-order valence-corrected chi connectivity index (χ1v) is 8.68. The second kappa shape index (κ2) is 9.15. The predicted octanol–water partition coefficient (Wildman–Crippen LogP) is 5.22. The molecule has 7 heteroatoms. The lowest BCUT2D eigenvalue weighted by atomic mass is 10.1. The van der Waals surface area contributed by atoms with E-state index in [1.165, 1.54) is 24.0 Å². The van der Waals surface area contributed by atoms with Gasteiger partial charge in [-0.1, -0.05) is 41.7 Å². The van der Waals surface area contributed by atoms with Crippen molar-refractivity contribution in [2.24, 2.45) is 0 Å². The van der Waals surface area contributed by atoms with Gasteiger partial charge in [-0.15, -0.1) is 24.8 Å². The minimum absolute atomic E-state index is 0. The zero-order valence-corrected chi connectivity index (χ0v) is 16.0. The van der Waals surface area contributed by atoms with E-state index in [1.54, 1.807) is 11.3 Å².